The number of rotatable bonds is 4. The average Bonchev–Trinajstić information content (AvgIpc) is 2.65. The number of carbonyl (C=O) groups excluding carboxylic acids is 1. The summed E-state index contributed by atoms with van der Waals surface area (Å²) in [7, 11) is 0. The van der Waals surface area contributed by atoms with Crippen molar-refractivity contribution < 1.29 is 9.53 Å². The van der Waals surface area contributed by atoms with Crippen molar-refractivity contribution in [2.45, 2.75) is 12.8 Å². The number of fused-ring (bicyclic) bond motifs is 3. The Hall–Kier alpha value is -2.33. The Bertz CT molecular complexity index is 709. The first-order chi connectivity index (χ1) is 11.8. The van der Waals surface area contributed by atoms with E-state index in [-0.39, 0.29) is 11.8 Å². The molecule has 3 fully saturated rings. The molecule has 0 radical (unpaired) electrons. The third-order valence-corrected chi connectivity index (χ3v) is 5.11. The van der Waals surface area contributed by atoms with Gasteiger partial charge in [0.2, 0.25) is 5.91 Å². The number of nitrogens with zero attached hydrogens (tertiary/aromatic N) is 1. The summed E-state index contributed by atoms with van der Waals surface area (Å²) in [5.41, 5.74) is 0.739. The number of anilines is 1. The zero-order chi connectivity index (χ0) is 16.4. The van der Waals surface area contributed by atoms with Crippen LogP contribution in [0.3, 0.4) is 0 Å². The van der Waals surface area contributed by atoms with Crippen LogP contribution in [0.4, 0.5) is 5.69 Å². The molecule has 5 rings (SSSR count). The third-order valence-electron chi connectivity index (χ3n) is 5.11. The fourth-order valence-electron chi connectivity index (χ4n) is 3.76. The molecule has 2 bridgehead atoms. The molecule has 2 aromatic rings. The molecular formula is C20H22N2O2. The summed E-state index contributed by atoms with van der Waals surface area (Å²) in [4.78, 5) is 15.2. The summed E-state index contributed by atoms with van der Waals surface area (Å²) in [6, 6.07) is 17.3. The van der Waals surface area contributed by atoms with Gasteiger partial charge in [0.05, 0.1) is 11.6 Å². The number of amides is 1. The number of nitrogens with one attached hydrogen (secondary N) is 1. The first-order valence-corrected chi connectivity index (χ1v) is 8.65. The monoisotopic (exact) mass is 322 g/mol. The molecule has 1 N–H and O–H groups in total. The smallest absolute Gasteiger partial charge is 0.229 e. The minimum Gasteiger partial charge on any atom is -0.455 e. The fourth-order valence-corrected chi connectivity index (χ4v) is 3.76. The van der Waals surface area contributed by atoms with Gasteiger partial charge in [0, 0.05) is 6.54 Å². The highest BCUT2D eigenvalue weighted by Crippen LogP contribution is 2.34. The van der Waals surface area contributed by atoms with Crippen molar-refractivity contribution in [3.63, 3.8) is 0 Å². The molecule has 4 nitrogen and oxygen atoms in total. The molecule has 3 heterocycles. The molecule has 124 valence electrons. The maximum absolute atomic E-state index is 12.8. The molecule has 1 unspecified atom stereocenters. The summed E-state index contributed by atoms with van der Waals surface area (Å²) in [5.74, 6) is 2.18. The number of para-hydroxylation sites is 3. The van der Waals surface area contributed by atoms with E-state index < -0.39 is 0 Å². The molecule has 1 amide bonds. The first-order valence-electron chi connectivity index (χ1n) is 8.65. The molecule has 3 aliphatic heterocycles. The van der Waals surface area contributed by atoms with E-state index in [1.807, 2.05) is 54.6 Å². The van der Waals surface area contributed by atoms with E-state index in [1.54, 1.807) is 0 Å². The maximum Gasteiger partial charge on any atom is 0.229 e. The van der Waals surface area contributed by atoms with Crippen LogP contribution in [0.15, 0.2) is 54.6 Å². The van der Waals surface area contributed by atoms with E-state index in [9.17, 15) is 4.79 Å². The Balaban J connectivity index is 1.49. The fraction of sp³-hybridized carbons (Fsp3) is 0.350. The van der Waals surface area contributed by atoms with E-state index >= 15 is 0 Å². The zero-order valence-electron chi connectivity index (χ0n) is 13.7. The quantitative estimate of drug-likeness (QED) is 0.932. The summed E-state index contributed by atoms with van der Waals surface area (Å²) >= 11 is 0. The second kappa shape index (κ2) is 6.65. The molecule has 3 saturated heterocycles. The number of hydrogen-bond donors (Lipinski definition) is 1. The van der Waals surface area contributed by atoms with Gasteiger partial charge in [0.15, 0.2) is 5.75 Å². The SMILES string of the molecule is O=C(Nc1ccccc1Oc1ccccc1)C1CN2CCC1CC2. The van der Waals surface area contributed by atoms with Gasteiger partial charge in [-0.15, -0.1) is 0 Å². The van der Waals surface area contributed by atoms with Crippen LogP contribution < -0.4 is 10.1 Å². The Morgan fingerprint density at radius 2 is 1.71 bits per heavy atom. The Kier molecular flexibility index (Phi) is 4.22. The van der Waals surface area contributed by atoms with Gasteiger partial charge in [-0.05, 0) is 56.1 Å². The second-order valence-corrected chi connectivity index (χ2v) is 6.65. The van der Waals surface area contributed by atoms with E-state index in [0.29, 0.717) is 11.7 Å². The van der Waals surface area contributed by atoms with Crippen LogP contribution in [0.25, 0.3) is 0 Å². The highest BCUT2D eigenvalue weighted by molar-refractivity contribution is 5.94. The van der Waals surface area contributed by atoms with Crippen LogP contribution >= 0.6 is 0 Å². The van der Waals surface area contributed by atoms with Crippen LogP contribution in [-0.2, 0) is 4.79 Å². The van der Waals surface area contributed by atoms with Crippen LogP contribution in [0.1, 0.15) is 12.8 Å². The summed E-state index contributed by atoms with van der Waals surface area (Å²) in [5, 5.41) is 3.09. The summed E-state index contributed by atoms with van der Waals surface area (Å²) in [6.45, 7) is 3.17. The van der Waals surface area contributed by atoms with E-state index in [4.69, 9.17) is 4.74 Å². The van der Waals surface area contributed by atoms with Crippen molar-refractivity contribution in [2.75, 3.05) is 25.0 Å². The van der Waals surface area contributed by atoms with Crippen molar-refractivity contribution in [1.29, 1.82) is 0 Å². The zero-order valence-corrected chi connectivity index (χ0v) is 13.7. The van der Waals surface area contributed by atoms with Gasteiger partial charge in [0.25, 0.3) is 0 Å². The predicted octanol–water partition coefficient (Wildman–Crippen LogP) is 3.76. The van der Waals surface area contributed by atoms with Crippen molar-refractivity contribution in [3.05, 3.63) is 54.6 Å². The van der Waals surface area contributed by atoms with Crippen molar-refractivity contribution in [3.8, 4) is 11.5 Å². The molecule has 2 aromatic carbocycles. The Labute approximate surface area is 142 Å². The lowest BCUT2D eigenvalue weighted by atomic mass is 9.78. The Morgan fingerprint density at radius 1 is 1.00 bits per heavy atom. The van der Waals surface area contributed by atoms with E-state index in [0.717, 1.165) is 43.9 Å². The molecule has 24 heavy (non-hydrogen) atoms. The molecule has 0 aromatic heterocycles. The average molecular weight is 322 g/mol. The largest absolute Gasteiger partial charge is 0.455 e. The van der Waals surface area contributed by atoms with Crippen LogP contribution in [0.5, 0.6) is 11.5 Å². The molecule has 0 saturated carbocycles. The third kappa shape index (κ3) is 3.15. The molecule has 0 aliphatic carbocycles. The van der Waals surface area contributed by atoms with Gasteiger partial charge >= 0.3 is 0 Å². The minimum atomic E-state index is 0.0947. The maximum atomic E-state index is 12.8. The standard InChI is InChI=1S/C20H22N2O2/c23-20(17-14-22-12-10-15(17)11-13-22)21-18-8-4-5-9-19(18)24-16-6-2-1-3-7-16/h1-9,15,17H,10-14H2,(H,21,23). The summed E-state index contributed by atoms with van der Waals surface area (Å²) in [6.07, 6.45) is 2.28. The van der Waals surface area contributed by atoms with Gasteiger partial charge < -0.3 is 15.0 Å². The predicted molar refractivity (Wildman–Crippen MR) is 94.2 cm³/mol. The van der Waals surface area contributed by atoms with Gasteiger partial charge in [-0.3, -0.25) is 4.79 Å². The lowest BCUT2D eigenvalue weighted by Gasteiger charge is -2.43. The number of piperidine rings is 3. The number of hydrogen-bond acceptors (Lipinski definition) is 3. The van der Waals surface area contributed by atoms with Crippen molar-refractivity contribution >= 4 is 11.6 Å². The molecule has 0 spiro atoms. The second-order valence-electron chi connectivity index (χ2n) is 6.65. The molecule has 3 aliphatic rings. The molecule has 4 heteroatoms. The van der Waals surface area contributed by atoms with Crippen molar-refractivity contribution in [1.82, 2.24) is 4.90 Å². The number of ether oxygens (including phenoxy) is 1. The topological polar surface area (TPSA) is 41.6 Å². The van der Waals surface area contributed by atoms with Gasteiger partial charge in [-0.25, -0.2) is 0 Å². The Morgan fingerprint density at radius 3 is 2.42 bits per heavy atom. The van der Waals surface area contributed by atoms with Crippen molar-refractivity contribution in [2.24, 2.45) is 11.8 Å². The highest BCUT2D eigenvalue weighted by atomic mass is 16.5. The number of benzene rings is 2. The number of carbonyl (C=O) groups is 1. The highest BCUT2D eigenvalue weighted by Gasteiger charge is 2.38. The molecule has 1 atom stereocenters. The molecular weight excluding hydrogens is 300 g/mol. The van der Waals surface area contributed by atoms with E-state index in [1.165, 1.54) is 0 Å². The minimum absolute atomic E-state index is 0.0947. The van der Waals surface area contributed by atoms with Gasteiger partial charge in [0.1, 0.15) is 5.75 Å². The van der Waals surface area contributed by atoms with Crippen LogP contribution in [0, 0.1) is 11.8 Å². The lowest BCUT2D eigenvalue weighted by Crippen LogP contribution is -2.51. The lowest BCUT2D eigenvalue weighted by molar-refractivity contribution is -0.125. The van der Waals surface area contributed by atoms with Crippen LogP contribution in [0.2, 0.25) is 0 Å². The van der Waals surface area contributed by atoms with Crippen LogP contribution in [-0.4, -0.2) is 30.4 Å². The van der Waals surface area contributed by atoms with E-state index in [2.05, 4.69) is 10.2 Å². The first kappa shape index (κ1) is 15.2. The summed E-state index contributed by atoms with van der Waals surface area (Å²) < 4.78 is 5.93. The van der Waals surface area contributed by atoms with Gasteiger partial charge in [-0.1, -0.05) is 30.3 Å². The normalized spacial score (nSPS) is 25.2. The van der Waals surface area contributed by atoms with Gasteiger partial charge in [-0.2, -0.15) is 0 Å².